The van der Waals surface area contributed by atoms with Crippen molar-refractivity contribution in [2.45, 2.75) is 33.2 Å². The van der Waals surface area contributed by atoms with Gasteiger partial charge in [-0.3, -0.25) is 4.68 Å². The minimum Gasteiger partial charge on any atom is -0.262 e. The van der Waals surface area contributed by atoms with E-state index in [0.717, 1.165) is 24.4 Å². The number of thiazole rings is 1. The molecule has 0 unspecified atom stereocenters. The average Bonchev–Trinajstić information content (AvgIpc) is 2.87. The third-order valence-electron chi connectivity index (χ3n) is 2.41. The summed E-state index contributed by atoms with van der Waals surface area (Å²) in [5.74, 6) is 0. The molecule has 0 fully saturated rings. The highest BCUT2D eigenvalue weighted by molar-refractivity contribution is 7.09. The third kappa shape index (κ3) is 2.26. The van der Waals surface area contributed by atoms with Crippen LogP contribution in [0.2, 0.25) is 0 Å². The molecule has 0 aliphatic rings. The van der Waals surface area contributed by atoms with Gasteiger partial charge < -0.3 is 0 Å². The molecule has 0 aromatic carbocycles. The molecule has 0 saturated carbocycles. The SMILES string of the molecule is CCc1cc(CC)n(Cc2nccs2)n1. The van der Waals surface area contributed by atoms with Crippen LogP contribution < -0.4 is 0 Å². The van der Waals surface area contributed by atoms with Crippen molar-refractivity contribution < 1.29 is 0 Å². The van der Waals surface area contributed by atoms with Crippen molar-refractivity contribution in [3.63, 3.8) is 0 Å². The summed E-state index contributed by atoms with van der Waals surface area (Å²) in [4.78, 5) is 4.28. The number of aromatic nitrogens is 3. The summed E-state index contributed by atoms with van der Waals surface area (Å²) in [5.41, 5.74) is 2.46. The molecule has 0 bridgehead atoms. The zero-order valence-electron chi connectivity index (χ0n) is 9.10. The molecule has 0 spiro atoms. The molecule has 0 saturated heterocycles. The second-order valence-corrected chi connectivity index (χ2v) is 4.40. The fraction of sp³-hybridized carbons (Fsp3) is 0.455. The fourth-order valence-electron chi connectivity index (χ4n) is 1.57. The smallest absolute Gasteiger partial charge is 0.114 e. The van der Waals surface area contributed by atoms with Crippen LogP contribution >= 0.6 is 11.3 Å². The summed E-state index contributed by atoms with van der Waals surface area (Å²) in [6.45, 7) is 5.10. The van der Waals surface area contributed by atoms with Gasteiger partial charge in [-0.1, -0.05) is 13.8 Å². The van der Waals surface area contributed by atoms with E-state index in [-0.39, 0.29) is 0 Å². The van der Waals surface area contributed by atoms with Gasteiger partial charge in [0, 0.05) is 17.3 Å². The average molecular weight is 221 g/mol. The number of hydrogen-bond donors (Lipinski definition) is 0. The molecular formula is C11H15N3S. The Morgan fingerprint density at radius 2 is 2.20 bits per heavy atom. The first kappa shape index (κ1) is 10.4. The lowest BCUT2D eigenvalue weighted by Gasteiger charge is -2.02. The van der Waals surface area contributed by atoms with E-state index in [0.29, 0.717) is 0 Å². The summed E-state index contributed by atoms with van der Waals surface area (Å²) in [5, 5.41) is 7.68. The lowest BCUT2D eigenvalue weighted by Crippen LogP contribution is -2.05. The minimum absolute atomic E-state index is 0.806. The second kappa shape index (κ2) is 4.57. The molecule has 2 aromatic rings. The number of nitrogens with zero attached hydrogens (tertiary/aromatic N) is 3. The summed E-state index contributed by atoms with van der Waals surface area (Å²) in [6.07, 6.45) is 3.87. The second-order valence-electron chi connectivity index (χ2n) is 3.42. The van der Waals surface area contributed by atoms with Crippen molar-refractivity contribution in [2.75, 3.05) is 0 Å². The van der Waals surface area contributed by atoms with E-state index >= 15 is 0 Å². The van der Waals surface area contributed by atoms with Crippen LogP contribution in [-0.4, -0.2) is 14.8 Å². The Morgan fingerprint density at radius 1 is 1.33 bits per heavy atom. The summed E-state index contributed by atoms with van der Waals surface area (Å²) in [6, 6.07) is 2.19. The Morgan fingerprint density at radius 3 is 2.80 bits per heavy atom. The summed E-state index contributed by atoms with van der Waals surface area (Å²) >= 11 is 1.68. The highest BCUT2D eigenvalue weighted by Gasteiger charge is 2.06. The monoisotopic (exact) mass is 221 g/mol. The predicted molar refractivity (Wildman–Crippen MR) is 62.2 cm³/mol. The van der Waals surface area contributed by atoms with Crippen molar-refractivity contribution >= 4 is 11.3 Å². The molecule has 0 aliphatic heterocycles. The molecule has 0 atom stereocenters. The first-order chi connectivity index (χ1) is 7.33. The van der Waals surface area contributed by atoms with E-state index in [1.165, 1.54) is 11.4 Å². The Hall–Kier alpha value is -1.16. The van der Waals surface area contributed by atoms with Gasteiger partial charge in [0.1, 0.15) is 5.01 Å². The first-order valence-corrected chi connectivity index (χ1v) is 6.15. The summed E-state index contributed by atoms with van der Waals surface area (Å²) < 4.78 is 2.07. The standard InChI is InChI=1S/C11H15N3S/c1-3-9-7-10(4-2)14(13-9)8-11-12-5-6-15-11/h5-7H,3-4,8H2,1-2H3. The molecule has 15 heavy (non-hydrogen) atoms. The maximum Gasteiger partial charge on any atom is 0.114 e. The van der Waals surface area contributed by atoms with Gasteiger partial charge in [-0.2, -0.15) is 5.10 Å². The molecule has 3 nitrogen and oxygen atoms in total. The number of rotatable bonds is 4. The molecule has 80 valence electrons. The molecule has 4 heteroatoms. The molecular weight excluding hydrogens is 206 g/mol. The highest BCUT2D eigenvalue weighted by Crippen LogP contribution is 2.11. The maximum absolute atomic E-state index is 4.56. The van der Waals surface area contributed by atoms with Crippen LogP contribution in [0.4, 0.5) is 0 Å². The predicted octanol–water partition coefficient (Wildman–Crippen LogP) is 2.51. The largest absolute Gasteiger partial charge is 0.262 e. The van der Waals surface area contributed by atoms with E-state index in [1.807, 2.05) is 11.6 Å². The van der Waals surface area contributed by atoms with Gasteiger partial charge in [0.25, 0.3) is 0 Å². The Kier molecular flexibility index (Phi) is 3.16. The lowest BCUT2D eigenvalue weighted by atomic mass is 10.3. The first-order valence-electron chi connectivity index (χ1n) is 5.27. The molecule has 2 heterocycles. The van der Waals surface area contributed by atoms with E-state index in [2.05, 4.69) is 34.7 Å². The van der Waals surface area contributed by atoms with Gasteiger partial charge >= 0.3 is 0 Å². The maximum atomic E-state index is 4.56. The van der Waals surface area contributed by atoms with E-state index < -0.39 is 0 Å². The quantitative estimate of drug-likeness (QED) is 0.794. The van der Waals surface area contributed by atoms with Crippen LogP contribution in [0.1, 0.15) is 30.2 Å². The minimum atomic E-state index is 0.806. The van der Waals surface area contributed by atoms with Crippen molar-refractivity contribution in [3.8, 4) is 0 Å². The van der Waals surface area contributed by atoms with Gasteiger partial charge in [-0.25, -0.2) is 4.98 Å². The van der Waals surface area contributed by atoms with Crippen LogP contribution in [0.3, 0.4) is 0 Å². The van der Waals surface area contributed by atoms with Crippen molar-refractivity contribution in [1.82, 2.24) is 14.8 Å². The molecule has 2 rings (SSSR count). The van der Waals surface area contributed by atoms with Crippen LogP contribution in [0, 0.1) is 0 Å². The topological polar surface area (TPSA) is 30.7 Å². The van der Waals surface area contributed by atoms with Crippen molar-refractivity contribution in [3.05, 3.63) is 34.0 Å². The van der Waals surface area contributed by atoms with Crippen LogP contribution in [0.15, 0.2) is 17.6 Å². The number of hydrogen-bond acceptors (Lipinski definition) is 3. The van der Waals surface area contributed by atoms with E-state index in [1.54, 1.807) is 11.3 Å². The van der Waals surface area contributed by atoms with Crippen molar-refractivity contribution in [2.24, 2.45) is 0 Å². The van der Waals surface area contributed by atoms with Crippen molar-refractivity contribution in [1.29, 1.82) is 0 Å². The zero-order valence-corrected chi connectivity index (χ0v) is 9.92. The van der Waals surface area contributed by atoms with Crippen LogP contribution in [0.25, 0.3) is 0 Å². The fourth-order valence-corrected chi connectivity index (χ4v) is 2.17. The Labute approximate surface area is 93.8 Å². The van der Waals surface area contributed by atoms with Crippen LogP contribution in [-0.2, 0) is 19.4 Å². The molecule has 0 N–H and O–H groups in total. The van der Waals surface area contributed by atoms with Gasteiger partial charge in [-0.05, 0) is 18.9 Å². The van der Waals surface area contributed by atoms with Gasteiger partial charge in [-0.15, -0.1) is 11.3 Å². The Bertz CT molecular complexity index is 417. The van der Waals surface area contributed by atoms with Gasteiger partial charge in [0.15, 0.2) is 0 Å². The highest BCUT2D eigenvalue weighted by atomic mass is 32.1. The number of aryl methyl sites for hydroxylation is 2. The molecule has 2 aromatic heterocycles. The van der Waals surface area contributed by atoms with Gasteiger partial charge in [0.05, 0.1) is 12.2 Å². The third-order valence-corrected chi connectivity index (χ3v) is 3.17. The molecule has 0 radical (unpaired) electrons. The normalized spacial score (nSPS) is 10.8. The van der Waals surface area contributed by atoms with E-state index in [9.17, 15) is 0 Å². The summed E-state index contributed by atoms with van der Waals surface area (Å²) in [7, 11) is 0. The zero-order chi connectivity index (χ0) is 10.7. The van der Waals surface area contributed by atoms with Gasteiger partial charge in [0.2, 0.25) is 0 Å². The Balaban J connectivity index is 2.23. The molecule has 0 aliphatic carbocycles. The molecule has 0 amide bonds. The van der Waals surface area contributed by atoms with Crippen LogP contribution in [0.5, 0.6) is 0 Å². The lowest BCUT2D eigenvalue weighted by molar-refractivity contribution is 0.638. The van der Waals surface area contributed by atoms with E-state index in [4.69, 9.17) is 0 Å².